The van der Waals surface area contributed by atoms with Crippen LogP contribution < -0.4 is 0 Å². The highest BCUT2D eigenvalue weighted by Gasteiger charge is 2.28. The van der Waals surface area contributed by atoms with E-state index < -0.39 is 32.2 Å². The zero-order valence-electron chi connectivity index (χ0n) is 6.92. The molecule has 0 amide bonds. The molecule has 0 aliphatic heterocycles. The fourth-order valence-electron chi connectivity index (χ4n) is 0.708. The Hall–Kier alpha value is -1.70. The summed E-state index contributed by atoms with van der Waals surface area (Å²) < 4.78 is 25.8. The van der Waals surface area contributed by atoms with Crippen molar-refractivity contribution in [3.8, 4) is 0 Å². The standard InChI is InChI=1S/C6H5NO6S/c1-14(11,12)6(10)4-3(5(8)9)2-7-13-4/h2H,1H3,(H,8,9). The minimum Gasteiger partial charge on any atom is -0.477 e. The Kier molecular flexibility index (Phi) is 2.39. The van der Waals surface area contributed by atoms with Crippen molar-refractivity contribution in [2.75, 3.05) is 6.26 Å². The van der Waals surface area contributed by atoms with Gasteiger partial charge in [0.05, 0.1) is 6.20 Å². The third kappa shape index (κ3) is 1.79. The molecule has 0 aromatic carbocycles. The summed E-state index contributed by atoms with van der Waals surface area (Å²) in [4.78, 5) is 21.5. The number of aromatic carboxylic acids is 1. The molecule has 76 valence electrons. The van der Waals surface area contributed by atoms with Gasteiger partial charge in [-0.25, -0.2) is 13.2 Å². The van der Waals surface area contributed by atoms with Crippen molar-refractivity contribution >= 4 is 20.9 Å². The predicted octanol–water partition coefficient (Wildman–Crippen LogP) is -0.442. The van der Waals surface area contributed by atoms with Gasteiger partial charge in [-0.2, -0.15) is 0 Å². The molecule has 0 bridgehead atoms. The number of hydrogen-bond donors (Lipinski definition) is 1. The molecule has 0 radical (unpaired) electrons. The summed E-state index contributed by atoms with van der Waals surface area (Å²) in [6.07, 6.45) is 1.42. The minimum atomic E-state index is -4.02. The number of nitrogens with zero attached hydrogens (tertiary/aromatic N) is 1. The molecule has 1 heterocycles. The third-order valence-corrected chi connectivity index (χ3v) is 2.18. The summed E-state index contributed by atoms with van der Waals surface area (Å²) in [5, 5.41) is 10.2. The monoisotopic (exact) mass is 219 g/mol. The van der Waals surface area contributed by atoms with E-state index in [2.05, 4.69) is 9.68 Å². The second-order valence-corrected chi connectivity index (χ2v) is 4.35. The van der Waals surface area contributed by atoms with Crippen LogP contribution in [0.2, 0.25) is 0 Å². The van der Waals surface area contributed by atoms with Crippen LogP contribution in [0.4, 0.5) is 0 Å². The molecular formula is C6H5NO6S. The Morgan fingerprint density at radius 2 is 2.07 bits per heavy atom. The van der Waals surface area contributed by atoms with E-state index in [9.17, 15) is 18.0 Å². The van der Waals surface area contributed by atoms with E-state index in [1.54, 1.807) is 0 Å². The van der Waals surface area contributed by atoms with Crippen LogP contribution in [0, 0.1) is 0 Å². The molecule has 1 aromatic rings. The first-order valence-corrected chi connectivity index (χ1v) is 5.15. The molecule has 0 saturated carbocycles. The molecule has 1 N–H and O–H groups in total. The van der Waals surface area contributed by atoms with E-state index in [0.717, 1.165) is 6.20 Å². The summed E-state index contributed by atoms with van der Waals surface area (Å²) in [6.45, 7) is 0. The summed E-state index contributed by atoms with van der Waals surface area (Å²) in [6, 6.07) is 0. The van der Waals surface area contributed by atoms with Crippen LogP contribution in [0.1, 0.15) is 20.9 Å². The summed E-state index contributed by atoms with van der Waals surface area (Å²) in [7, 11) is -4.02. The first-order valence-electron chi connectivity index (χ1n) is 3.26. The van der Waals surface area contributed by atoms with Crippen molar-refractivity contribution in [1.29, 1.82) is 0 Å². The Bertz CT molecular complexity index is 484. The SMILES string of the molecule is CS(=O)(=O)C(=O)c1oncc1C(=O)O. The van der Waals surface area contributed by atoms with Crippen molar-refractivity contribution in [1.82, 2.24) is 5.16 Å². The van der Waals surface area contributed by atoms with Crippen molar-refractivity contribution in [2.24, 2.45) is 0 Å². The number of carbonyl (C=O) groups is 2. The van der Waals surface area contributed by atoms with Crippen LogP contribution in [0.25, 0.3) is 0 Å². The molecule has 7 nitrogen and oxygen atoms in total. The third-order valence-electron chi connectivity index (χ3n) is 1.32. The summed E-state index contributed by atoms with van der Waals surface area (Å²) >= 11 is 0. The van der Waals surface area contributed by atoms with E-state index in [-0.39, 0.29) is 0 Å². The first kappa shape index (κ1) is 10.4. The number of rotatable bonds is 2. The van der Waals surface area contributed by atoms with E-state index >= 15 is 0 Å². The summed E-state index contributed by atoms with van der Waals surface area (Å²) in [5.74, 6) is -2.25. The molecule has 0 fully saturated rings. The average molecular weight is 219 g/mol. The van der Waals surface area contributed by atoms with Gasteiger partial charge < -0.3 is 9.63 Å². The Morgan fingerprint density at radius 3 is 2.50 bits per heavy atom. The van der Waals surface area contributed by atoms with Crippen molar-refractivity contribution in [3.05, 3.63) is 17.5 Å². The largest absolute Gasteiger partial charge is 0.477 e. The maximum atomic E-state index is 11.1. The Balaban J connectivity index is 3.28. The second-order valence-electron chi connectivity index (χ2n) is 2.43. The molecule has 0 spiro atoms. The van der Waals surface area contributed by atoms with Crippen LogP contribution in [0.3, 0.4) is 0 Å². The van der Waals surface area contributed by atoms with Gasteiger partial charge in [0.15, 0.2) is 0 Å². The number of aromatic nitrogens is 1. The second kappa shape index (κ2) is 3.22. The van der Waals surface area contributed by atoms with Gasteiger partial charge in [0.1, 0.15) is 5.56 Å². The van der Waals surface area contributed by atoms with Crippen LogP contribution in [0.5, 0.6) is 0 Å². The molecule has 0 aliphatic rings. The lowest BCUT2D eigenvalue weighted by atomic mass is 10.3. The number of carboxylic acids is 1. The molecule has 0 atom stereocenters. The normalized spacial score (nSPS) is 11.2. The molecule has 14 heavy (non-hydrogen) atoms. The lowest BCUT2D eigenvalue weighted by Gasteiger charge is -1.93. The van der Waals surface area contributed by atoms with Gasteiger partial charge in [0.2, 0.25) is 15.6 Å². The van der Waals surface area contributed by atoms with E-state index in [4.69, 9.17) is 5.11 Å². The quantitative estimate of drug-likeness (QED) is 0.716. The van der Waals surface area contributed by atoms with Gasteiger partial charge in [-0.05, 0) is 0 Å². The van der Waals surface area contributed by atoms with Crippen LogP contribution in [-0.4, -0.2) is 36.0 Å². The van der Waals surface area contributed by atoms with Gasteiger partial charge in [-0.15, -0.1) is 0 Å². The van der Waals surface area contributed by atoms with E-state index in [1.807, 2.05) is 0 Å². The van der Waals surface area contributed by atoms with Crippen LogP contribution in [-0.2, 0) is 9.84 Å². The van der Waals surface area contributed by atoms with Gasteiger partial charge in [0, 0.05) is 6.26 Å². The minimum absolute atomic E-state index is 0.569. The highest BCUT2D eigenvalue weighted by molar-refractivity contribution is 8.06. The number of sulfone groups is 1. The number of carboxylic acid groups (broad SMARTS) is 1. The predicted molar refractivity (Wildman–Crippen MR) is 42.6 cm³/mol. The molecule has 0 aliphatic carbocycles. The van der Waals surface area contributed by atoms with Gasteiger partial charge in [0.25, 0.3) is 0 Å². The fourth-order valence-corrected chi connectivity index (χ4v) is 1.19. The topological polar surface area (TPSA) is 115 Å². The zero-order valence-corrected chi connectivity index (χ0v) is 7.74. The zero-order chi connectivity index (χ0) is 10.9. The summed E-state index contributed by atoms with van der Waals surface area (Å²) in [5.41, 5.74) is -0.569. The van der Waals surface area contributed by atoms with Crippen molar-refractivity contribution in [3.63, 3.8) is 0 Å². The maximum Gasteiger partial charge on any atom is 0.341 e. The van der Waals surface area contributed by atoms with E-state index in [0.29, 0.717) is 6.26 Å². The Labute approximate surface area is 78.2 Å². The number of hydrogen-bond acceptors (Lipinski definition) is 6. The average Bonchev–Trinajstić information content (AvgIpc) is 2.48. The van der Waals surface area contributed by atoms with Gasteiger partial charge in [-0.1, -0.05) is 5.16 Å². The van der Waals surface area contributed by atoms with Gasteiger partial charge >= 0.3 is 11.1 Å². The van der Waals surface area contributed by atoms with Crippen LogP contribution >= 0.6 is 0 Å². The lowest BCUT2D eigenvalue weighted by Crippen LogP contribution is -2.15. The van der Waals surface area contributed by atoms with Crippen molar-refractivity contribution < 1.29 is 27.6 Å². The molecular weight excluding hydrogens is 214 g/mol. The molecule has 1 aromatic heterocycles. The lowest BCUT2D eigenvalue weighted by molar-refractivity contribution is 0.0691. The van der Waals surface area contributed by atoms with Crippen molar-refractivity contribution in [2.45, 2.75) is 0 Å². The van der Waals surface area contributed by atoms with Crippen LogP contribution in [0.15, 0.2) is 10.7 Å². The maximum absolute atomic E-state index is 11.1. The fraction of sp³-hybridized carbons (Fsp3) is 0.167. The molecule has 0 saturated heterocycles. The Morgan fingerprint density at radius 1 is 1.50 bits per heavy atom. The molecule has 8 heteroatoms. The molecule has 0 unspecified atom stereocenters. The van der Waals surface area contributed by atoms with E-state index in [1.165, 1.54) is 0 Å². The van der Waals surface area contributed by atoms with Gasteiger partial charge in [-0.3, -0.25) is 4.79 Å². The first-order chi connectivity index (χ1) is 6.34. The highest BCUT2D eigenvalue weighted by atomic mass is 32.2. The molecule has 1 rings (SSSR count). The highest BCUT2D eigenvalue weighted by Crippen LogP contribution is 2.11. The smallest absolute Gasteiger partial charge is 0.341 e. The number of carbonyl (C=O) groups excluding carboxylic acids is 1.